The predicted octanol–water partition coefficient (Wildman–Crippen LogP) is 4.69. The highest BCUT2D eigenvalue weighted by atomic mass is 16.5. The second-order valence-corrected chi connectivity index (χ2v) is 7.21. The molecule has 0 aliphatic heterocycles. The van der Waals surface area contributed by atoms with Crippen molar-refractivity contribution in [3.8, 4) is 5.75 Å². The van der Waals surface area contributed by atoms with Crippen molar-refractivity contribution in [2.75, 3.05) is 20.3 Å². The molecule has 0 radical (unpaired) electrons. The highest BCUT2D eigenvalue weighted by molar-refractivity contribution is 6.20. The van der Waals surface area contributed by atoms with Crippen LogP contribution in [-0.2, 0) is 9.47 Å². The van der Waals surface area contributed by atoms with Gasteiger partial charge in [-0.25, -0.2) is 9.59 Å². The van der Waals surface area contributed by atoms with Crippen LogP contribution in [0.3, 0.4) is 0 Å². The standard InChI is InChI=1S/C26H23NO6/c1-4-32-25(29)21-20-15-12-16-8-6-7-9-19(16)27(20)23(22(21)26(30)33-5-2)24(28)17-10-13-18(31-3)14-11-17/h6-15H,4-5H2,1-3H3. The first-order valence-electron chi connectivity index (χ1n) is 10.6. The number of fused-ring (bicyclic) bond motifs is 3. The molecule has 0 bridgehead atoms. The van der Waals surface area contributed by atoms with Gasteiger partial charge < -0.3 is 18.6 Å². The van der Waals surface area contributed by atoms with E-state index in [0.717, 1.165) is 5.39 Å². The third-order valence-electron chi connectivity index (χ3n) is 5.33. The summed E-state index contributed by atoms with van der Waals surface area (Å²) in [6.07, 6.45) is 0. The van der Waals surface area contributed by atoms with Crippen LogP contribution in [0, 0.1) is 0 Å². The maximum atomic E-state index is 13.8. The topological polar surface area (TPSA) is 83.3 Å². The van der Waals surface area contributed by atoms with Gasteiger partial charge in [0.1, 0.15) is 22.6 Å². The summed E-state index contributed by atoms with van der Waals surface area (Å²) in [4.78, 5) is 39.9. The van der Waals surface area contributed by atoms with Gasteiger partial charge in [-0.15, -0.1) is 0 Å². The van der Waals surface area contributed by atoms with Gasteiger partial charge in [-0.3, -0.25) is 4.79 Å². The molecular weight excluding hydrogens is 422 g/mol. The molecule has 0 atom stereocenters. The molecule has 0 aliphatic carbocycles. The van der Waals surface area contributed by atoms with E-state index in [-0.39, 0.29) is 30.0 Å². The molecule has 4 aromatic rings. The van der Waals surface area contributed by atoms with Crippen molar-refractivity contribution >= 4 is 34.1 Å². The first kappa shape index (κ1) is 22.1. The molecular formula is C26H23NO6. The second-order valence-electron chi connectivity index (χ2n) is 7.21. The van der Waals surface area contributed by atoms with Gasteiger partial charge in [-0.1, -0.05) is 24.3 Å². The number of ether oxygens (including phenoxy) is 3. The van der Waals surface area contributed by atoms with Crippen molar-refractivity contribution < 1.29 is 28.6 Å². The van der Waals surface area contributed by atoms with E-state index in [1.54, 1.807) is 48.6 Å². The average molecular weight is 445 g/mol. The highest BCUT2D eigenvalue weighted by Crippen LogP contribution is 2.32. The minimum Gasteiger partial charge on any atom is -0.497 e. The Bertz CT molecular complexity index is 1370. The number of nitrogens with zero attached hydrogens (tertiary/aromatic N) is 1. The number of carbonyl (C=O) groups is 3. The van der Waals surface area contributed by atoms with Crippen molar-refractivity contribution in [3.05, 3.63) is 83.0 Å². The molecule has 33 heavy (non-hydrogen) atoms. The fourth-order valence-electron chi connectivity index (χ4n) is 3.91. The summed E-state index contributed by atoms with van der Waals surface area (Å²) in [5.41, 5.74) is 1.36. The molecule has 0 saturated carbocycles. The van der Waals surface area contributed by atoms with Gasteiger partial charge in [0.05, 0.1) is 31.4 Å². The van der Waals surface area contributed by atoms with E-state index < -0.39 is 17.7 Å². The Hall–Kier alpha value is -4.13. The van der Waals surface area contributed by atoms with Gasteiger partial charge in [0.2, 0.25) is 5.78 Å². The van der Waals surface area contributed by atoms with Gasteiger partial charge in [0, 0.05) is 5.56 Å². The van der Waals surface area contributed by atoms with Crippen LogP contribution >= 0.6 is 0 Å². The molecule has 0 saturated heterocycles. The third-order valence-corrected chi connectivity index (χ3v) is 5.33. The average Bonchev–Trinajstić information content (AvgIpc) is 3.20. The van der Waals surface area contributed by atoms with E-state index >= 15 is 0 Å². The maximum absolute atomic E-state index is 13.8. The lowest BCUT2D eigenvalue weighted by Crippen LogP contribution is -2.17. The number of ketones is 1. The lowest BCUT2D eigenvalue weighted by molar-refractivity contribution is 0.0480. The predicted molar refractivity (Wildman–Crippen MR) is 123 cm³/mol. The second kappa shape index (κ2) is 9.16. The summed E-state index contributed by atoms with van der Waals surface area (Å²) in [5, 5.41) is 0.842. The first-order chi connectivity index (χ1) is 16.0. The number of pyridine rings is 1. The molecule has 0 unspecified atom stereocenters. The summed E-state index contributed by atoms with van der Waals surface area (Å²) < 4.78 is 17.4. The first-order valence-corrected chi connectivity index (χ1v) is 10.6. The highest BCUT2D eigenvalue weighted by Gasteiger charge is 2.34. The van der Waals surface area contributed by atoms with Crippen LogP contribution < -0.4 is 4.74 Å². The van der Waals surface area contributed by atoms with Crippen molar-refractivity contribution in [1.82, 2.24) is 4.40 Å². The van der Waals surface area contributed by atoms with Gasteiger partial charge >= 0.3 is 11.9 Å². The van der Waals surface area contributed by atoms with Crippen molar-refractivity contribution in [2.45, 2.75) is 13.8 Å². The number of hydrogen-bond acceptors (Lipinski definition) is 6. The van der Waals surface area contributed by atoms with Crippen LogP contribution in [0.15, 0.2) is 60.7 Å². The van der Waals surface area contributed by atoms with Crippen molar-refractivity contribution in [1.29, 1.82) is 0 Å². The normalized spacial score (nSPS) is 10.9. The lowest BCUT2D eigenvalue weighted by atomic mass is 10.0. The molecule has 2 aromatic carbocycles. The third kappa shape index (κ3) is 3.82. The molecule has 7 nitrogen and oxygen atoms in total. The number of carbonyl (C=O) groups excluding carboxylic acids is 3. The summed E-state index contributed by atoms with van der Waals surface area (Å²) in [6, 6.07) is 17.5. The van der Waals surface area contributed by atoms with Gasteiger partial charge in [-0.05, 0) is 55.6 Å². The van der Waals surface area contributed by atoms with Crippen LogP contribution in [-0.4, -0.2) is 42.4 Å². The molecule has 2 heterocycles. The van der Waals surface area contributed by atoms with Gasteiger partial charge in [0.25, 0.3) is 0 Å². The molecule has 2 aromatic heterocycles. The summed E-state index contributed by atoms with van der Waals surface area (Å²) in [5.74, 6) is -1.29. The van der Waals surface area contributed by atoms with Crippen LogP contribution in [0.25, 0.3) is 16.4 Å². The zero-order valence-electron chi connectivity index (χ0n) is 18.6. The quantitative estimate of drug-likeness (QED) is 0.303. The zero-order valence-corrected chi connectivity index (χ0v) is 18.6. The monoisotopic (exact) mass is 445 g/mol. The number of rotatable bonds is 7. The van der Waals surface area contributed by atoms with E-state index in [1.807, 2.05) is 30.3 Å². The molecule has 0 spiro atoms. The number of aromatic nitrogens is 1. The Kier molecular flexibility index (Phi) is 6.13. The smallest absolute Gasteiger partial charge is 0.341 e. The molecule has 0 fully saturated rings. The number of methoxy groups -OCH3 is 1. The SMILES string of the molecule is CCOC(=O)c1c(C(=O)OCC)c2ccc3ccccc3n2c1C(=O)c1ccc(OC)cc1. The number of para-hydroxylation sites is 1. The van der Waals surface area contributed by atoms with Crippen molar-refractivity contribution in [2.24, 2.45) is 0 Å². The summed E-state index contributed by atoms with van der Waals surface area (Å²) in [7, 11) is 1.54. The summed E-state index contributed by atoms with van der Waals surface area (Å²) >= 11 is 0. The van der Waals surface area contributed by atoms with Gasteiger partial charge in [-0.2, -0.15) is 0 Å². The zero-order chi connectivity index (χ0) is 23.5. The summed E-state index contributed by atoms with van der Waals surface area (Å²) in [6.45, 7) is 3.55. The van der Waals surface area contributed by atoms with E-state index in [2.05, 4.69) is 0 Å². The fraction of sp³-hybridized carbons (Fsp3) is 0.192. The minimum atomic E-state index is -0.759. The number of benzene rings is 2. The Morgan fingerprint density at radius 1 is 0.758 bits per heavy atom. The maximum Gasteiger partial charge on any atom is 0.341 e. The van der Waals surface area contributed by atoms with Crippen LogP contribution in [0.5, 0.6) is 5.75 Å². The van der Waals surface area contributed by atoms with Gasteiger partial charge in [0.15, 0.2) is 0 Å². The minimum absolute atomic E-state index is 0.0120. The van der Waals surface area contributed by atoms with E-state index in [4.69, 9.17) is 14.2 Å². The largest absolute Gasteiger partial charge is 0.497 e. The lowest BCUT2D eigenvalue weighted by Gasteiger charge is -2.09. The fourth-order valence-corrected chi connectivity index (χ4v) is 3.91. The van der Waals surface area contributed by atoms with Crippen LogP contribution in [0.4, 0.5) is 0 Å². The van der Waals surface area contributed by atoms with E-state index in [1.165, 1.54) is 7.11 Å². The Balaban J connectivity index is 2.12. The Labute approximate surface area is 190 Å². The van der Waals surface area contributed by atoms with E-state index in [0.29, 0.717) is 22.3 Å². The van der Waals surface area contributed by atoms with Crippen molar-refractivity contribution in [3.63, 3.8) is 0 Å². The number of esters is 2. The number of hydrogen-bond donors (Lipinski definition) is 0. The molecule has 0 amide bonds. The molecule has 168 valence electrons. The Morgan fingerprint density at radius 3 is 2.03 bits per heavy atom. The Morgan fingerprint density at radius 2 is 1.39 bits per heavy atom. The molecule has 4 rings (SSSR count). The van der Waals surface area contributed by atoms with E-state index in [9.17, 15) is 14.4 Å². The van der Waals surface area contributed by atoms with Crippen LogP contribution in [0.1, 0.15) is 50.6 Å². The van der Waals surface area contributed by atoms with Crippen LogP contribution in [0.2, 0.25) is 0 Å². The molecule has 0 N–H and O–H groups in total. The molecule has 7 heteroatoms. The molecule has 0 aliphatic rings.